The molecule has 1 aliphatic rings. The molecule has 1 aliphatic heterocycles. The highest BCUT2D eigenvalue weighted by Crippen LogP contribution is 2.14. The third-order valence-corrected chi connectivity index (χ3v) is 3.51. The van der Waals surface area contributed by atoms with Gasteiger partial charge < -0.3 is 10.6 Å². The molecule has 20 heavy (non-hydrogen) atoms. The molecule has 0 aromatic heterocycles. The van der Waals surface area contributed by atoms with E-state index in [1.54, 1.807) is 6.19 Å². The Balaban J connectivity index is 2.66. The third kappa shape index (κ3) is 4.82. The molecule has 1 fully saturated rings. The first-order valence-corrected chi connectivity index (χ1v) is 7.14. The highest BCUT2D eigenvalue weighted by molar-refractivity contribution is 5.89. The van der Waals surface area contributed by atoms with Crippen molar-refractivity contribution in [3.63, 3.8) is 0 Å². The molecule has 0 unspecified atom stereocenters. The van der Waals surface area contributed by atoms with Crippen molar-refractivity contribution in [3.05, 3.63) is 0 Å². The minimum atomic E-state index is -0.609. The lowest BCUT2D eigenvalue weighted by molar-refractivity contribution is -0.135. The molecule has 0 aromatic carbocycles. The first-order valence-electron chi connectivity index (χ1n) is 7.14. The molecule has 0 aromatic rings. The van der Waals surface area contributed by atoms with Gasteiger partial charge in [-0.05, 0) is 38.3 Å². The SMILES string of the molecule is CC(C)C[C@H](NC(=O)C1CCNCC1)C(=O)N(C)C#N. The van der Waals surface area contributed by atoms with Gasteiger partial charge in [-0.2, -0.15) is 5.26 Å². The first kappa shape index (κ1) is 16.4. The van der Waals surface area contributed by atoms with E-state index in [0.29, 0.717) is 6.42 Å². The maximum absolute atomic E-state index is 12.2. The van der Waals surface area contributed by atoms with Crippen LogP contribution in [0.2, 0.25) is 0 Å². The molecule has 1 atom stereocenters. The number of hydrogen-bond donors (Lipinski definition) is 2. The number of amides is 2. The molecule has 0 spiro atoms. The molecule has 0 saturated carbocycles. The van der Waals surface area contributed by atoms with E-state index < -0.39 is 6.04 Å². The Morgan fingerprint density at radius 3 is 2.50 bits per heavy atom. The topological polar surface area (TPSA) is 85.2 Å². The number of hydrogen-bond acceptors (Lipinski definition) is 4. The van der Waals surface area contributed by atoms with E-state index in [0.717, 1.165) is 30.8 Å². The van der Waals surface area contributed by atoms with Gasteiger partial charge in [-0.1, -0.05) is 13.8 Å². The van der Waals surface area contributed by atoms with E-state index in [9.17, 15) is 9.59 Å². The summed E-state index contributed by atoms with van der Waals surface area (Å²) >= 11 is 0. The minimum absolute atomic E-state index is 0.0360. The molecule has 112 valence electrons. The molecule has 1 saturated heterocycles. The van der Waals surface area contributed by atoms with E-state index in [-0.39, 0.29) is 23.7 Å². The number of carbonyl (C=O) groups excluding carboxylic acids is 2. The molecule has 0 aliphatic carbocycles. The van der Waals surface area contributed by atoms with Gasteiger partial charge in [0.1, 0.15) is 6.04 Å². The largest absolute Gasteiger partial charge is 0.344 e. The van der Waals surface area contributed by atoms with Crippen molar-refractivity contribution in [1.29, 1.82) is 5.26 Å². The van der Waals surface area contributed by atoms with Gasteiger partial charge in [0.2, 0.25) is 5.91 Å². The molecule has 6 heteroatoms. The Morgan fingerprint density at radius 2 is 2.00 bits per heavy atom. The number of nitriles is 1. The highest BCUT2D eigenvalue weighted by atomic mass is 16.2. The van der Waals surface area contributed by atoms with Crippen LogP contribution in [0.25, 0.3) is 0 Å². The Morgan fingerprint density at radius 1 is 1.40 bits per heavy atom. The lowest BCUT2D eigenvalue weighted by Crippen LogP contribution is -2.49. The molecule has 2 amide bonds. The Labute approximate surface area is 120 Å². The fourth-order valence-corrected chi connectivity index (χ4v) is 2.35. The van der Waals surface area contributed by atoms with Crippen LogP contribution >= 0.6 is 0 Å². The van der Waals surface area contributed by atoms with E-state index in [1.807, 2.05) is 13.8 Å². The summed E-state index contributed by atoms with van der Waals surface area (Å²) in [6.45, 7) is 5.64. The second-order valence-corrected chi connectivity index (χ2v) is 5.71. The van der Waals surface area contributed by atoms with Crippen molar-refractivity contribution in [3.8, 4) is 6.19 Å². The van der Waals surface area contributed by atoms with Gasteiger partial charge in [-0.25, -0.2) is 0 Å². The fourth-order valence-electron chi connectivity index (χ4n) is 2.35. The van der Waals surface area contributed by atoms with Gasteiger partial charge in [0.15, 0.2) is 6.19 Å². The van der Waals surface area contributed by atoms with Crippen LogP contribution in [0.1, 0.15) is 33.1 Å². The van der Waals surface area contributed by atoms with Crippen LogP contribution in [0, 0.1) is 23.3 Å². The number of piperidine rings is 1. The number of rotatable bonds is 5. The van der Waals surface area contributed by atoms with Gasteiger partial charge in [0.05, 0.1) is 0 Å². The summed E-state index contributed by atoms with van der Waals surface area (Å²) in [5, 5.41) is 14.8. The van der Waals surface area contributed by atoms with Gasteiger partial charge in [0.25, 0.3) is 5.91 Å². The summed E-state index contributed by atoms with van der Waals surface area (Å²) in [6.07, 6.45) is 3.93. The van der Waals surface area contributed by atoms with Crippen LogP contribution in [0.3, 0.4) is 0 Å². The lowest BCUT2D eigenvalue weighted by atomic mass is 9.95. The zero-order valence-electron chi connectivity index (χ0n) is 12.5. The number of nitrogens with zero attached hydrogens (tertiary/aromatic N) is 2. The van der Waals surface area contributed by atoms with Gasteiger partial charge in [0, 0.05) is 13.0 Å². The van der Waals surface area contributed by atoms with Gasteiger partial charge in [-0.3, -0.25) is 14.5 Å². The second-order valence-electron chi connectivity index (χ2n) is 5.71. The lowest BCUT2D eigenvalue weighted by Gasteiger charge is -2.26. The molecule has 1 heterocycles. The van der Waals surface area contributed by atoms with Gasteiger partial charge in [-0.15, -0.1) is 0 Å². The normalized spacial score (nSPS) is 17.4. The summed E-state index contributed by atoms with van der Waals surface area (Å²) in [5.41, 5.74) is 0. The molecule has 0 radical (unpaired) electrons. The predicted molar refractivity (Wildman–Crippen MR) is 75.4 cm³/mol. The van der Waals surface area contributed by atoms with Crippen molar-refractivity contribution in [2.24, 2.45) is 11.8 Å². The smallest absolute Gasteiger partial charge is 0.257 e. The van der Waals surface area contributed by atoms with Crippen LogP contribution in [-0.2, 0) is 9.59 Å². The Kier molecular flexibility index (Phi) is 6.46. The van der Waals surface area contributed by atoms with Crippen LogP contribution in [0.5, 0.6) is 0 Å². The quantitative estimate of drug-likeness (QED) is 0.566. The predicted octanol–water partition coefficient (Wildman–Crippen LogP) is 0.456. The molecular weight excluding hydrogens is 256 g/mol. The molecular formula is C14H24N4O2. The van der Waals surface area contributed by atoms with Crippen molar-refractivity contribution < 1.29 is 9.59 Å². The van der Waals surface area contributed by atoms with Crippen LogP contribution in [0.15, 0.2) is 0 Å². The van der Waals surface area contributed by atoms with E-state index in [4.69, 9.17) is 5.26 Å². The van der Waals surface area contributed by atoms with Crippen molar-refractivity contribution >= 4 is 11.8 Å². The Bertz CT molecular complexity index is 383. The standard InChI is InChI=1S/C14H24N4O2/c1-10(2)8-12(14(20)18(3)9-15)17-13(19)11-4-6-16-7-5-11/h10-12,16H,4-8H2,1-3H3,(H,17,19)/t12-/m0/s1. The zero-order chi connectivity index (χ0) is 15.1. The van der Waals surface area contributed by atoms with Gasteiger partial charge >= 0.3 is 0 Å². The van der Waals surface area contributed by atoms with Crippen LogP contribution < -0.4 is 10.6 Å². The first-order chi connectivity index (χ1) is 9.45. The monoisotopic (exact) mass is 280 g/mol. The third-order valence-electron chi connectivity index (χ3n) is 3.51. The molecule has 1 rings (SSSR count). The van der Waals surface area contributed by atoms with Crippen molar-refractivity contribution in [2.75, 3.05) is 20.1 Å². The average molecular weight is 280 g/mol. The average Bonchev–Trinajstić information content (AvgIpc) is 2.45. The number of likely N-dealkylation sites (N-methyl/N-ethyl adjacent to an activating group) is 1. The second kappa shape index (κ2) is 7.85. The van der Waals surface area contributed by atoms with Crippen LogP contribution in [-0.4, -0.2) is 42.9 Å². The van der Waals surface area contributed by atoms with E-state index in [1.165, 1.54) is 7.05 Å². The van der Waals surface area contributed by atoms with E-state index >= 15 is 0 Å². The van der Waals surface area contributed by atoms with E-state index in [2.05, 4.69) is 10.6 Å². The molecule has 6 nitrogen and oxygen atoms in total. The Hall–Kier alpha value is -1.61. The zero-order valence-corrected chi connectivity index (χ0v) is 12.5. The summed E-state index contributed by atoms with van der Waals surface area (Å²) in [7, 11) is 1.42. The molecule has 2 N–H and O–H groups in total. The van der Waals surface area contributed by atoms with Crippen molar-refractivity contribution in [2.45, 2.75) is 39.2 Å². The van der Waals surface area contributed by atoms with Crippen molar-refractivity contribution in [1.82, 2.24) is 15.5 Å². The number of carbonyl (C=O) groups is 2. The summed E-state index contributed by atoms with van der Waals surface area (Å²) < 4.78 is 0. The highest BCUT2D eigenvalue weighted by Gasteiger charge is 2.28. The number of nitrogens with one attached hydrogen (secondary N) is 2. The van der Waals surface area contributed by atoms with Crippen LogP contribution in [0.4, 0.5) is 0 Å². The fraction of sp³-hybridized carbons (Fsp3) is 0.786. The summed E-state index contributed by atoms with van der Waals surface area (Å²) in [5.74, 6) is -0.184. The minimum Gasteiger partial charge on any atom is -0.344 e. The summed E-state index contributed by atoms with van der Waals surface area (Å²) in [4.78, 5) is 25.3. The molecule has 0 bridgehead atoms. The summed E-state index contributed by atoms with van der Waals surface area (Å²) in [6, 6.07) is -0.609. The maximum Gasteiger partial charge on any atom is 0.257 e. The maximum atomic E-state index is 12.2.